The van der Waals surface area contributed by atoms with Crippen molar-refractivity contribution >= 4 is 28.6 Å². The molecule has 0 saturated carbocycles. The largest absolute Gasteiger partial charge is 0.480 e. The van der Waals surface area contributed by atoms with Gasteiger partial charge in [0.25, 0.3) is 0 Å². The van der Waals surface area contributed by atoms with E-state index in [4.69, 9.17) is 4.74 Å². The van der Waals surface area contributed by atoms with Crippen LogP contribution in [0.2, 0.25) is 0 Å². The smallest absolute Gasteiger partial charge is 0.327 e. The van der Waals surface area contributed by atoms with E-state index in [0.29, 0.717) is 32.1 Å². The van der Waals surface area contributed by atoms with Crippen LogP contribution in [0.15, 0.2) is 60.7 Å². The van der Waals surface area contributed by atoms with Crippen LogP contribution < -0.4 is 5.32 Å². The molecule has 2 aromatic rings. The molecule has 2 unspecified atom stereocenters. The topological polar surface area (TPSA) is 113 Å². The molecule has 0 aromatic heterocycles. The van der Waals surface area contributed by atoms with E-state index in [-0.39, 0.29) is 12.4 Å². The SMILES string of the molecule is O=C(OCc1ccccc1)C(CCc1ccccc1)N[C@H]1CCC[C@@H]2N(C1=O)[C@H](C(=O)O)CS2=O. The van der Waals surface area contributed by atoms with Gasteiger partial charge in [-0.2, -0.15) is 0 Å². The quantitative estimate of drug-likeness (QED) is 0.510. The summed E-state index contributed by atoms with van der Waals surface area (Å²) >= 11 is 0. The summed E-state index contributed by atoms with van der Waals surface area (Å²) in [5.41, 5.74) is 1.92. The first-order valence-corrected chi connectivity index (χ1v) is 13.2. The van der Waals surface area contributed by atoms with Gasteiger partial charge < -0.3 is 14.7 Å². The first-order valence-electron chi connectivity index (χ1n) is 11.9. The van der Waals surface area contributed by atoms with E-state index in [1.54, 1.807) is 0 Å². The summed E-state index contributed by atoms with van der Waals surface area (Å²) in [6.45, 7) is 0.121. The molecular formula is C26H30N2O6S. The number of fused-ring (bicyclic) bond motifs is 1. The normalized spacial score (nSPS) is 24.9. The van der Waals surface area contributed by atoms with Crippen molar-refractivity contribution in [2.45, 2.75) is 62.2 Å². The molecule has 2 heterocycles. The molecule has 9 heteroatoms. The van der Waals surface area contributed by atoms with Gasteiger partial charge in [0.15, 0.2) is 0 Å². The van der Waals surface area contributed by atoms with Crippen LogP contribution in [0.25, 0.3) is 0 Å². The predicted molar refractivity (Wildman–Crippen MR) is 131 cm³/mol. The number of hydrogen-bond donors (Lipinski definition) is 2. The highest BCUT2D eigenvalue weighted by Gasteiger charge is 2.49. The molecule has 8 nitrogen and oxygen atoms in total. The van der Waals surface area contributed by atoms with Crippen LogP contribution in [0.5, 0.6) is 0 Å². The number of hydrogen-bond acceptors (Lipinski definition) is 6. The number of carboxylic acid groups (broad SMARTS) is 1. The Kier molecular flexibility index (Phi) is 8.30. The second kappa shape index (κ2) is 11.6. The number of esters is 1. The van der Waals surface area contributed by atoms with Crippen molar-refractivity contribution in [2.75, 3.05) is 5.75 Å². The number of amides is 1. The van der Waals surface area contributed by atoms with Crippen molar-refractivity contribution in [3.63, 3.8) is 0 Å². The van der Waals surface area contributed by atoms with Crippen LogP contribution in [0.4, 0.5) is 0 Å². The molecule has 0 spiro atoms. The Labute approximate surface area is 207 Å². The van der Waals surface area contributed by atoms with E-state index in [1.165, 1.54) is 4.90 Å². The maximum Gasteiger partial charge on any atom is 0.327 e. The molecule has 1 amide bonds. The monoisotopic (exact) mass is 498 g/mol. The second-order valence-electron chi connectivity index (χ2n) is 8.92. The van der Waals surface area contributed by atoms with E-state index >= 15 is 0 Å². The average molecular weight is 499 g/mol. The van der Waals surface area contributed by atoms with Gasteiger partial charge in [0, 0.05) is 10.8 Å². The fourth-order valence-electron chi connectivity index (χ4n) is 4.68. The molecule has 4 rings (SSSR count). The summed E-state index contributed by atoms with van der Waals surface area (Å²) in [6.07, 6.45) is 2.54. The molecule has 2 N–H and O–H groups in total. The first kappa shape index (κ1) is 25.1. The number of carbonyl (C=O) groups is 3. The Balaban J connectivity index is 1.49. The lowest BCUT2D eigenvalue weighted by atomic mass is 10.0. The molecule has 2 fully saturated rings. The molecule has 2 aliphatic rings. The Hall–Kier alpha value is -3.04. The van der Waals surface area contributed by atoms with E-state index in [0.717, 1.165) is 11.1 Å². The fourth-order valence-corrected chi connectivity index (χ4v) is 6.45. The van der Waals surface area contributed by atoms with Crippen molar-refractivity contribution < 1.29 is 28.4 Å². The van der Waals surface area contributed by atoms with Crippen LogP contribution in [-0.4, -0.2) is 61.3 Å². The van der Waals surface area contributed by atoms with Gasteiger partial charge in [-0.1, -0.05) is 60.7 Å². The molecule has 0 aliphatic carbocycles. The number of ether oxygens (including phenoxy) is 1. The minimum absolute atomic E-state index is 0.0605. The van der Waals surface area contributed by atoms with Gasteiger partial charge in [-0.15, -0.1) is 0 Å². The zero-order chi connectivity index (χ0) is 24.8. The highest BCUT2D eigenvalue weighted by atomic mass is 32.2. The van der Waals surface area contributed by atoms with Gasteiger partial charge in [0.1, 0.15) is 24.1 Å². The summed E-state index contributed by atoms with van der Waals surface area (Å²) in [4.78, 5) is 39.5. The third-order valence-corrected chi connectivity index (χ3v) is 8.24. The zero-order valence-electron chi connectivity index (χ0n) is 19.4. The van der Waals surface area contributed by atoms with Crippen molar-refractivity contribution in [1.29, 1.82) is 0 Å². The van der Waals surface area contributed by atoms with E-state index in [2.05, 4.69) is 5.32 Å². The highest BCUT2D eigenvalue weighted by molar-refractivity contribution is 7.86. The van der Waals surface area contributed by atoms with E-state index < -0.39 is 52.1 Å². The van der Waals surface area contributed by atoms with Gasteiger partial charge in [-0.25, -0.2) is 4.79 Å². The third kappa shape index (κ3) is 6.15. The number of rotatable bonds is 9. The lowest BCUT2D eigenvalue weighted by Crippen LogP contribution is -2.55. The molecule has 5 atom stereocenters. The first-order chi connectivity index (χ1) is 16.9. The Morgan fingerprint density at radius 3 is 2.37 bits per heavy atom. The zero-order valence-corrected chi connectivity index (χ0v) is 20.2. The molecule has 0 bridgehead atoms. The number of benzene rings is 2. The van der Waals surface area contributed by atoms with Crippen molar-refractivity contribution in [3.05, 3.63) is 71.8 Å². The number of carbonyl (C=O) groups excluding carboxylic acids is 2. The minimum Gasteiger partial charge on any atom is -0.480 e. The van der Waals surface area contributed by atoms with E-state index in [1.807, 2.05) is 60.7 Å². The summed E-state index contributed by atoms with van der Waals surface area (Å²) in [5, 5.41) is 12.2. The van der Waals surface area contributed by atoms with Crippen LogP contribution in [0.3, 0.4) is 0 Å². The fraction of sp³-hybridized carbons (Fsp3) is 0.423. The lowest BCUT2D eigenvalue weighted by molar-refractivity contribution is -0.151. The summed E-state index contributed by atoms with van der Waals surface area (Å²) in [7, 11) is -1.41. The van der Waals surface area contributed by atoms with Crippen LogP contribution in [0, 0.1) is 0 Å². The summed E-state index contributed by atoms with van der Waals surface area (Å²) in [5.74, 6) is -2.09. The maximum atomic E-state index is 13.4. The molecule has 2 saturated heterocycles. The maximum absolute atomic E-state index is 13.4. The van der Waals surface area contributed by atoms with Crippen LogP contribution in [-0.2, 0) is 42.9 Å². The van der Waals surface area contributed by atoms with Gasteiger partial charge >= 0.3 is 11.9 Å². The summed E-state index contributed by atoms with van der Waals surface area (Å²) < 4.78 is 18.1. The third-order valence-electron chi connectivity index (χ3n) is 6.53. The van der Waals surface area contributed by atoms with Gasteiger partial charge in [0.05, 0.1) is 11.8 Å². The van der Waals surface area contributed by atoms with Crippen molar-refractivity contribution in [3.8, 4) is 0 Å². The van der Waals surface area contributed by atoms with Crippen molar-refractivity contribution in [1.82, 2.24) is 10.2 Å². The minimum atomic E-state index is -1.41. The number of aryl methyl sites for hydroxylation is 1. The van der Waals surface area contributed by atoms with Gasteiger partial charge in [-0.05, 0) is 43.2 Å². The molecule has 2 aliphatic heterocycles. The number of nitrogens with one attached hydrogen (secondary N) is 1. The second-order valence-corrected chi connectivity index (χ2v) is 10.6. The highest BCUT2D eigenvalue weighted by Crippen LogP contribution is 2.30. The number of nitrogens with zero attached hydrogens (tertiary/aromatic N) is 1. The molecule has 2 aromatic carbocycles. The predicted octanol–water partition coefficient (Wildman–Crippen LogP) is 2.24. The Bertz CT molecular complexity index is 1060. The molecule has 186 valence electrons. The van der Waals surface area contributed by atoms with E-state index in [9.17, 15) is 23.7 Å². The molecule has 0 radical (unpaired) electrons. The average Bonchev–Trinajstić information content (AvgIpc) is 3.11. The molecular weight excluding hydrogens is 468 g/mol. The Morgan fingerprint density at radius 1 is 1.06 bits per heavy atom. The molecule has 35 heavy (non-hydrogen) atoms. The Morgan fingerprint density at radius 2 is 1.71 bits per heavy atom. The van der Waals surface area contributed by atoms with Gasteiger partial charge in [0.2, 0.25) is 5.91 Å². The van der Waals surface area contributed by atoms with Gasteiger partial charge in [-0.3, -0.25) is 19.1 Å². The lowest BCUT2D eigenvalue weighted by Gasteiger charge is -2.29. The summed E-state index contributed by atoms with van der Waals surface area (Å²) in [6, 6.07) is 16.5. The van der Waals surface area contributed by atoms with Crippen LogP contribution >= 0.6 is 0 Å². The number of aliphatic carboxylic acids is 1. The van der Waals surface area contributed by atoms with Crippen LogP contribution in [0.1, 0.15) is 36.8 Å². The standard InChI is InChI=1S/C26H30N2O6S/c29-24-20(12-7-13-23-28(24)22(25(30)31)17-35(23)33)27-21(15-14-18-8-3-1-4-9-18)26(32)34-16-19-10-5-2-6-11-19/h1-6,8-11,20-23,27H,7,12-17H2,(H,30,31)/t20-,21?,22-,23+,35?/m0/s1. The van der Waals surface area contributed by atoms with Crippen molar-refractivity contribution in [2.24, 2.45) is 0 Å². The number of carboxylic acids is 1.